The molecule has 7 heteroatoms. The third-order valence-electron chi connectivity index (χ3n) is 4.65. The SMILES string of the molecule is COc1ccc(OC)c(-c2nn(-c3cccc(C(=O)O)c3)c3c2CCN3)c1. The van der Waals surface area contributed by atoms with E-state index < -0.39 is 5.97 Å². The highest BCUT2D eigenvalue weighted by Crippen LogP contribution is 2.40. The molecule has 1 aliphatic heterocycles. The lowest BCUT2D eigenvalue weighted by molar-refractivity contribution is 0.0697. The van der Waals surface area contributed by atoms with Crippen molar-refractivity contribution in [2.75, 3.05) is 26.1 Å². The fraction of sp³-hybridized carbons (Fsp3) is 0.200. The molecule has 7 nitrogen and oxygen atoms in total. The summed E-state index contributed by atoms with van der Waals surface area (Å²) in [6, 6.07) is 12.3. The Morgan fingerprint density at radius 1 is 1.19 bits per heavy atom. The van der Waals surface area contributed by atoms with Crippen molar-refractivity contribution in [2.45, 2.75) is 6.42 Å². The molecule has 0 saturated heterocycles. The maximum absolute atomic E-state index is 11.3. The van der Waals surface area contributed by atoms with Crippen LogP contribution in [0.2, 0.25) is 0 Å². The van der Waals surface area contributed by atoms with E-state index in [4.69, 9.17) is 14.6 Å². The van der Waals surface area contributed by atoms with E-state index in [1.807, 2.05) is 24.3 Å². The topological polar surface area (TPSA) is 85.6 Å². The molecule has 0 unspecified atom stereocenters. The van der Waals surface area contributed by atoms with Crippen molar-refractivity contribution >= 4 is 11.8 Å². The number of nitrogens with one attached hydrogen (secondary N) is 1. The molecule has 0 atom stereocenters. The summed E-state index contributed by atoms with van der Waals surface area (Å²) in [6.45, 7) is 0.797. The third-order valence-corrected chi connectivity index (χ3v) is 4.65. The normalized spacial score (nSPS) is 12.4. The minimum absolute atomic E-state index is 0.218. The zero-order chi connectivity index (χ0) is 19.0. The van der Waals surface area contributed by atoms with E-state index >= 15 is 0 Å². The van der Waals surface area contributed by atoms with Gasteiger partial charge in [0.15, 0.2) is 0 Å². The lowest BCUT2D eigenvalue weighted by Gasteiger charge is -2.10. The van der Waals surface area contributed by atoms with E-state index in [1.165, 1.54) is 0 Å². The number of ether oxygens (including phenoxy) is 2. The molecule has 0 radical (unpaired) electrons. The molecule has 0 fully saturated rings. The molecule has 3 aromatic rings. The summed E-state index contributed by atoms with van der Waals surface area (Å²) in [5.74, 6) is 1.32. The number of hydrogen-bond acceptors (Lipinski definition) is 5. The zero-order valence-corrected chi connectivity index (χ0v) is 15.0. The summed E-state index contributed by atoms with van der Waals surface area (Å²) in [7, 11) is 3.24. The number of carboxylic acid groups (broad SMARTS) is 1. The second-order valence-electron chi connectivity index (χ2n) is 6.19. The number of aromatic carboxylic acids is 1. The van der Waals surface area contributed by atoms with Crippen LogP contribution in [0, 0.1) is 0 Å². The van der Waals surface area contributed by atoms with Gasteiger partial charge in [-0.05, 0) is 42.8 Å². The Morgan fingerprint density at radius 3 is 2.78 bits per heavy atom. The maximum atomic E-state index is 11.3. The summed E-state index contributed by atoms with van der Waals surface area (Å²) < 4.78 is 12.6. The van der Waals surface area contributed by atoms with Crippen LogP contribution >= 0.6 is 0 Å². The second-order valence-corrected chi connectivity index (χ2v) is 6.19. The number of hydrogen-bond donors (Lipinski definition) is 2. The van der Waals surface area contributed by atoms with E-state index in [1.54, 1.807) is 37.1 Å². The van der Waals surface area contributed by atoms with Crippen LogP contribution in [0.5, 0.6) is 11.5 Å². The highest BCUT2D eigenvalue weighted by atomic mass is 16.5. The molecular formula is C20H19N3O4. The van der Waals surface area contributed by atoms with Gasteiger partial charge in [0, 0.05) is 17.7 Å². The first kappa shape index (κ1) is 17.0. The highest BCUT2D eigenvalue weighted by molar-refractivity contribution is 5.88. The lowest BCUT2D eigenvalue weighted by Crippen LogP contribution is -2.06. The molecule has 0 bridgehead atoms. The largest absolute Gasteiger partial charge is 0.497 e. The fourth-order valence-corrected chi connectivity index (χ4v) is 3.35. The number of rotatable bonds is 5. The van der Waals surface area contributed by atoms with E-state index in [2.05, 4.69) is 5.32 Å². The molecular weight excluding hydrogens is 346 g/mol. The molecule has 2 aromatic carbocycles. The minimum Gasteiger partial charge on any atom is -0.497 e. The maximum Gasteiger partial charge on any atom is 0.335 e. The molecule has 1 aliphatic rings. The molecule has 2 N–H and O–H groups in total. The summed E-state index contributed by atoms with van der Waals surface area (Å²) in [4.78, 5) is 11.3. The van der Waals surface area contributed by atoms with Gasteiger partial charge < -0.3 is 19.9 Å². The number of carboxylic acids is 1. The fourth-order valence-electron chi connectivity index (χ4n) is 3.35. The van der Waals surface area contributed by atoms with Gasteiger partial charge in [-0.1, -0.05) is 6.07 Å². The van der Waals surface area contributed by atoms with Crippen molar-refractivity contribution in [3.63, 3.8) is 0 Å². The Bertz CT molecular complexity index is 1030. The molecule has 27 heavy (non-hydrogen) atoms. The standard InChI is InChI=1S/C20H19N3O4/c1-26-14-6-7-17(27-2)16(11-14)18-15-8-9-21-19(15)23(22-18)13-5-3-4-12(10-13)20(24)25/h3-7,10-11,21H,8-9H2,1-2H3,(H,24,25). The van der Waals surface area contributed by atoms with Crippen LogP contribution in [0.1, 0.15) is 15.9 Å². The average molecular weight is 365 g/mol. The molecule has 2 heterocycles. The van der Waals surface area contributed by atoms with E-state index in [0.29, 0.717) is 17.2 Å². The van der Waals surface area contributed by atoms with Crippen molar-refractivity contribution < 1.29 is 19.4 Å². The Hall–Kier alpha value is -3.48. The van der Waals surface area contributed by atoms with Crippen molar-refractivity contribution in [2.24, 2.45) is 0 Å². The number of anilines is 1. The monoisotopic (exact) mass is 365 g/mol. The molecule has 1 aromatic heterocycles. The van der Waals surface area contributed by atoms with Crippen molar-refractivity contribution in [3.05, 3.63) is 53.6 Å². The van der Waals surface area contributed by atoms with Crippen LogP contribution in [-0.4, -0.2) is 41.6 Å². The van der Waals surface area contributed by atoms with Crippen LogP contribution in [0.4, 0.5) is 5.82 Å². The molecule has 0 amide bonds. The summed E-state index contributed by atoms with van der Waals surface area (Å²) in [5, 5.41) is 17.4. The van der Waals surface area contributed by atoms with Crippen LogP contribution in [0.25, 0.3) is 16.9 Å². The molecule has 138 valence electrons. The highest BCUT2D eigenvalue weighted by Gasteiger charge is 2.26. The van der Waals surface area contributed by atoms with Crippen LogP contribution in [0.15, 0.2) is 42.5 Å². The van der Waals surface area contributed by atoms with Gasteiger partial charge in [0.1, 0.15) is 23.0 Å². The van der Waals surface area contributed by atoms with Gasteiger partial charge in [-0.15, -0.1) is 0 Å². The molecule has 0 saturated carbocycles. The number of nitrogens with zero attached hydrogens (tertiary/aromatic N) is 2. The molecule has 0 aliphatic carbocycles. The first-order chi connectivity index (χ1) is 13.1. The van der Waals surface area contributed by atoms with Gasteiger partial charge in [-0.2, -0.15) is 5.10 Å². The Morgan fingerprint density at radius 2 is 2.04 bits per heavy atom. The van der Waals surface area contributed by atoms with Gasteiger partial charge in [0.2, 0.25) is 0 Å². The van der Waals surface area contributed by atoms with Crippen LogP contribution < -0.4 is 14.8 Å². The molecule has 0 spiro atoms. The Labute approximate surface area is 156 Å². The smallest absolute Gasteiger partial charge is 0.335 e. The zero-order valence-electron chi connectivity index (χ0n) is 15.0. The number of benzene rings is 2. The number of methoxy groups -OCH3 is 2. The quantitative estimate of drug-likeness (QED) is 0.722. The Balaban J connectivity index is 1.90. The number of aromatic nitrogens is 2. The van der Waals surface area contributed by atoms with E-state index in [0.717, 1.165) is 35.6 Å². The first-order valence-corrected chi connectivity index (χ1v) is 8.54. The van der Waals surface area contributed by atoms with E-state index in [-0.39, 0.29) is 5.56 Å². The Kier molecular flexibility index (Phi) is 4.19. The van der Waals surface area contributed by atoms with Crippen LogP contribution in [-0.2, 0) is 6.42 Å². The predicted octanol–water partition coefficient (Wildman–Crippen LogP) is 3.22. The predicted molar refractivity (Wildman–Crippen MR) is 101 cm³/mol. The summed E-state index contributed by atoms with van der Waals surface area (Å²) in [5.41, 5.74) is 3.61. The summed E-state index contributed by atoms with van der Waals surface area (Å²) >= 11 is 0. The van der Waals surface area contributed by atoms with E-state index in [9.17, 15) is 9.90 Å². The van der Waals surface area contributed by atoms with Gasteiger partial charge in [-0.3, -0.25) is 0 Å². The third kappa shape index (κ3) is 2.87. The van der Waals surface area contributed by atoms with Gasteiger partial charge in [0.05, 0.1) is 25.5 Å². The van der Waals surface area contributed by atoms with Gasteiger partial charge in [-0.25, -0.2) is 9.48 Å². The number of fused-ring (bicyclic) bond motifs is 1. The van der Waals surface area contributed by atoms with Crippen molar-refractivity contribution in [3.8, 4) is 28.4 Å². The average Bonchev–Trinajstić information content (AvgIpc) is 3.30. The lowest BCUT2D eigenvalue weighted by atomic mass is 10.1. The number of carbonyl (C=O) groups is 1. The van der Waals surface area contributed by atoms with Crippen molar-refractivity contribution in [1.82, 2.24) is 9.78 Å². The second kappa shape index (κ2) is 6.68. The van der Waals surface area contributed by atoms with Gasteiger partial charge in [0.25, 0.3) is 0 Å². The van der Waals surface area contributed by atoms with Gasteiger partial charge >= 0.3 is 5.97 Å². The summed E-state index contributed by atoms with van der Waals surface area (Å²) in [6.07, 6.45) is 0.823. The molecule has 4 rings (SSSR count). The van der Waals surface area contributed by atoms with Crippen molar-refractivity contribution in [1.29, 1.82) is 0 Å². The minimum atomic E-state index is -0.969. The van der Waals surface area contributed by atoms with Crippen LogP contribution in [0.3, 0.4) is 0 Å². The first-order valence-electron chi connectivity index (χ1n) is 8.54.